The summed E-state index contributed by atoms with van der Waals surface area (Å²) in [6.07, 6.45) is -4.55. The van der Waals surface area contributed by atoms with E-state index in [0.29, 0.717) is 17.4 Å². The van der Waals surface area contributed by atoms with Gasteiger partial charge in [-0.15, -0.1) is 13.2 Å². The zero-order valence-corrected chi connectivity index (χ0v) is 11.4. The summed E-state index contributed by atoms with van der Waals surface area (Å²) in [6.45, 7) is 1.77. The second-order valence-corrected chi connectivity index (χ2v) is 4.56. The number of halogens is 3. The van der Waals surface area contributed by atoms with Crippen molar-refractivity contribution in [2.45, 2.75) is 13.3 Å². The van der Waals surface area contributed by atoms with Crippen molar-refractivity contribution in [1.82, 2.24) is 0 Å². The summed E-state index contributed by atoms with van der Waals surface area (Å²) in [6, 6.07) is 10.8. The molecule has 0 saturated carbocycles. The van der Waals surface area contributed by atoms with Crippen LogP contribution >= 0.6 is 0 Å². The third-order valence-electron chi connectivity index (χ3n) is 3.03. The third kappa shape index (κ3) is 3.44. The summed E-state index contributed by atoms with van der Waals surface area (Å²) >= 11 is 0. The number of hydrogen-bond acceptors (Lipinski definition) is 3. The predicted molar refractivity (Wildman–Crippen MR) is 73.4 cm³/mol. The van der Waals surface area contributed by atoms with Crippen LogP contribution in [0.5, 0.6) is 5.75 Å². The molecule has 0 spiro atoms. The van der Waals surface area contributed by atoms with Crippen LogP contribution in [-0.2, 0) is 0 Å². The Kier molecular flexibility index (Phi) is 4.18. The van der Waals surface area contributed by atoms with Gasteiger partial charge in [0, 0.05) is 0 Å². The van der Waals surface area contributed by atoms with Gasteiger partial charge in [-0.2, -0.15) is 5.26 Å². The van der Waals surface area contributed by atoms with E-state index in [1.165, 1.54) is 12.1 Å². The maximum absolute atomic E-state index is 12.3. The van der Waals surface area contributed by atoms with E-state index in [-0.39, 0.29) is 5.56 Å². The fraction of sp³-hybridized carbons (Fsp3) is 0.125. The molecule has 0 aliphatic carbocycles. The van der Waals surface area contributed by atoms with Crippen LogP contribution in [0.2, 0.25) is 0 Å². The molecule has 0 unspecified atom stereocenters. The highest BCUT2D eigenvalue weighted by Gasteiger charge is 2.32. The SMILES string of the molecule is Cc1cc(C#N)ccc1-c1ccc(OC(F)(F)F)c(C=O)c1. The molecule has 0 fully saturated rings. The number of carbonyl (C=O) groups is 1. The van der Waals surface area contributed by atoms with Gasteiger partial charge >= 0.3 is 6.36 Å². The first kappa shape index (κ1) is 15.6. The van der Waals surface area contributed by atoms with Crippen LogP contribution in [0.15, 0.2) is 36.4 Å². The number of benzene rings is 2. The number of aryl methyl sites for hydroxylation is 1. The molecule has 0 amide bonds. The lowest BCUT2D eigenvalue weighted by molar-refractivity contribution is -0.274. The van der Waals surface area contributed by atoms with Gasteiger partial charge in [-0.3, -0.25) is 4.79 Å². The predicted octanol–water partition coefficient (Wildman–Crippen LogP) is 4.24. The molecule has 2 rings (SSSR count). The monoisotopic (exact) mass is 305 g/mol. The Morgan fingerprint density at radius 1 is 1.18 bits per heavy atom. The Hall–Kier alpha value is -2.81. The quantitative estimate of drug-likeness (QED) is 0.797. The summed E-state index contributed by atoms with van der Waals surface area (Å²) in [5.41, 5.74) is 2.35. The Labute approximate surface area is 124 Å². The molecule has 3 nitrogen and oxygen atoms in total. The molecule has 0 aliphatic heterocycles. The van der Waals surface area contributed by atoms with Gasteiger partial charge in [-0.25, -0.2) is 0 Å². The first-order valence-corrected chi connectivity index (χ1v) is 6.20. The van der Waals surface area contributed by atoms with E-state index in [1.807, 2.05) is 6.07 Å². The highest BCUT2D eigenvalue weighted by atomic mass is 19.4. The second kappa shape index (κ2) is 5.90. The molecular weight excluding hydrogens is 295 g/mol. The average Bonchev–Trinajstić information content (AvgIpc) is 2.46. The Balaban J connectivity index is 2.46. The Bertz CT molecular complexity index is 761. The molecule has 0 heterocycles. The number of ether oxygens (including phenoxy) is 1. The minimum Gasteiger partial charge on any atom is -0.405 e. The van der Waals surface area contributed by atoms with Crippen LogP contribution in [0.25, 0.3) is 11.1 Å². The first-order valence-electron chi connectivity index (χ1n) is 6.20. The minimum atomic E-state index is -4.86. The molecule has 0 radical (unpaired) electrons. The zero-order valence-electron chi connectivity index (χ0n) is 11.4. The summed E-state index contributed by atoms with van der Waals surface area (Å²) < 4.78 is 40.6. The Morgan fingerprint density at radius 2 is 1.91 bits per heavy atom. The van der Waals surface area contributed by atoms with Crippen molar-refractivity contribution in [3.8, 4) is 22.9 Å². The van der Waals surface area contributed by atoms with Gasteiger partial charge in [0.25, 0.3) is 0 Å². The van der Waals surface area contributed by atoms with E-state index in [1.54, 1.807) is 25.1 Å². The topological polar surface area (TPSA) is 50.1 Å². The van der Waals surface area contributed by atoms with E-state index in [0.717, 1.165) is 17.2 Å². The number of nitriles is 1. The number of nitrogens with zero attached hydrogens (tertiary/aromatic N) is 1. The van der Waals surface area contributed by atoms with Crippen LogP contribution in [0.3, 0.4) is 0 Å². The lowest BCUT2D eigenvalue weighted by Crippen LogP contribution is -2.18. The van der Waals surface area contributed by atoms with Crippen LogP contribution < -0.4 is 4.74 Å². The fourth-order valence-corrected chi connectivity index (χ4v) is 2.08. The van der Waals surface area contributed by atoms with Crippen LogP contribution in [0, 0.1) is 18.3 Å². The minimum absolute atomic E-state index is 0.196. The van der Waals surface area contributed by atoms with E-state index >= 15 is 0 Å². The molecule has 0 atom stereocenters. The molecule has 0 aliphatic rings. The second-order valence-electron chi connectivity index (χ2n) is 4.56. The molecule has 6 heteroatoms. The van der Waals surface area contributed by atoms with Gasteiger partial charge in [-0.05, 0) is 47.9 Å². The normalized spacial score (nSPS) is 10.9. The van der Waals surface area contributed by atoms with Crippen LogP contribution in [-0.4, -0.2) is 12.6 Å². The van der Waals surface area contributed by atoms with Crippen molar-refractivity contribution in [3.63, 3.8) is 0 Å². The molecule has 2 aromatic rings. The fourth-order valence-electron chi connectivity index (χ4n) is 2.08. The number of alkyl halides is 3. The number of aldehydes is 1. The van der Waals surface area contributed by atoms with E-state index in [4.69, 9.17) is 5.26 Å². The van der Waals surface area contributed by atoms with Gasteiger partial charge in [-0.1, -0.05) is 12.1 Å². The lowest BCUT2D eigenvalue weighted by atomic mass is 9.97. The first-order chi connectivity index (χ1) is 10.3. The van der Waals surface area contributed by atoms with Gasteiger partial charge in [0.1, 0.15) is 5.75 Å². The molecule has 0 aromatic heterocycles. The maximum Gasteiger partial charge on any atom is 0.573 e. The molecule has 22 heavy (non-hydrogen) atoms. The summed E-state index contributed by atoms with van der Waals surface area (Å²) in [5.74, 6) is -0.544. The molecule has 112 valence electrons. The van der Waals surface area contributed by atoms with Crippen molar-refractivity contribution in [3.05, 3.63) is 53.1 Å². The van der Waals surface area contributed by atoms with E-state index in [9.17, 15) is 18.0 Å². The van der Waals surface area contributed by atoms with Crippen molar-refractivity contribution in [2.75, 3.05) is 0 Å². The molecule has 0 bridgehead atoms. The van der Waals surface area contributed by atoms with Crippen molar-refractivity contribution in [2.24, 2.45) is 0 Å². The smallest absolute Gasteiger partial charge is 0.405 e. The van der Waals surface area contributed by atoms with Crippen LogP contribution in [0.1, 0.15) is 21.5 Å². The number of rotatable bonds is 3. The van der Waals surface area contributed by atoms with Crippen molar-refractivity contribution in [1.29, 1.82) is 5.26 Å². The van der Waals surface area contributed by atoms with Gasteiger partial charge in [0.15, 0.2) is 6.29 Å². The van der Waals surface area contributed by atoms with Crippen molar-refractivity contribution < 1.29 is 22.7 Å². The van der Waals surface area contributed by atoms with Gasteiger partial charge in [0.05, 0.1) is 17.2 Å². The summed E-state index contributed by atoms with van der Waals surface area (Å²) in [7, 11) is 0. The zero-order chi connectivity index (χ0) is 16.3. The highest BCUT2D eigenvalue weighted by molar-refractivity contribution is 5.83. The molecular formula is C16H10F3NO2. The summed E-state index contributed by atoms with van der Waals surface area (Å²) in [5, 5.41) is 8.83. The number of carbonyl (C=O) groups excluding carboxylic acids is 1. The Morgan fingerprint density at radius 3 is 2.45 bits per heavy atom. The number of hydrogen-bond donors (Lipinski definition) is 0. The molecule has 2 aromatic carbocycles. The maximum atomic E-state index is 12.3. The average molecular weight is 305 g/mol. The molecule has 0 N–H and O–H groups in total. The summed E-state index contributed by atoms with van der Waals surface area (Å²) in [4.78, 5) is 11.0. The van der Waals surface area contributed by atoms with Crippen LogP contribution in [0.4, 0.5) is 13.2 Å². The third-order valence-corrected chi connectivity index (χ3v) is 3.03. The van der Waals surface area contributed by atoms with Gasteiger partial charge < -0.3 is 4.74 Å². The van der Waals surface area contributed by atoms with E-state index < -0.39 is 12.1 Å². The standard InChI is InChI=1S/C16H10F3NO2/c1-10-6-11(8-20)2-4-14(10)12-3-5-15(13(7-12)9-21)22-16(17,18)19/h2-7,9H,1H3. The lowest BCUT2D eigenvalue weighted by Gasteiger charge is -2.13. The highest BCUT2D eigenvalue weighted by Crippen LogP contribution is 2.31. The van der Waals surface area contributed by atoms with Crippen molar-refractivity contribution >= 4 is 6.29 Å². The molecule has 0 saturated heterocycles. The largest absolute Gasteiger partial charge is 0.573 e. The van der Waals surface area contributed by atoms with E-state index in [2.05, 4.69) is 4.74 Å². The van der Waals surface area contributed by atoms with Gasteiger partial charge in [0.2, 0.25) is 0 Å².